The summed E-state index contributed by atoms with van der Waals surface area (Å²) in [5.41, 5.74) is 5.45. The van der Waals surface area contributed by atoms with Crippen molar-refractivity contribution in [1.82, 2.24) is 10.2 Å². The maximum Gasteiger partial charge on any atom is 0.222 e. The normalized spacial score (nSPS) is 30.1. The lowest BCUT2D eigenvalue weighted by Crippen LogP contribution is -2.49. The molecule has 2 atom stereocenters. The molecule has 3 N–H and O–H groups in total. The van der Waals surface area contributed by atoms with Crippen molar-refractivity contribution in [3.8, 4) is 0 Å². The molecule has 0 bridgehead atoms. The number of piperidine rings is 1. The van der Waals surface area contributed by atoms with Gasteiger partial charge in [0.1, 0.15) is 0 Å². The van der Waals surface area contributed by atoms with Gasteiger partial charge in [-0.1, -0.05) is 0 Å². The van der Waals surface area contributed by atoms with Gasteiger partial charge < -0.3 is 16.0 Å². The first-order valence-corrected chi connectivity index (χ1v) is 6.76. The van der Waals surface area contributed by atoms with E-state index in [2.05, 4.69) is 10.2 Å². The first-order chi connectivity index (χ1) is 7.94. The van der Waals surface area contributed by atoms with Crippen molar-refractivity contribution in [2.75, 3.05) is 13.1 Å². The molecule has 0 aromatic rings. The number of hydrogen-bond donors (Lipinski definition) is 2. The van der Waals surface area contributed by atoms with Crippen LogP contribution in [0.15, 0.2) is 0 Å². The second-order valence-electron chi connectivity index (χ2n) is 6.29. The van der Waals surface area contributed by atoms with E-state index in [-0.39, 0.29) is 5.91 Å². The Kier molecular flexibility index (Phi) is 3.73. The zero-order chi connectivity index (χ0) is 12.5. The number of fused-ring (bicyclic) bond motifs is 1. The summed E-state index contributed by atoms with van der Waals surface area (Å²) in [4.78, 5) is 14.4. The van der Waals surface area contributed by atoms with Crippen LogP contribution in [0, 0.1) is 0 Å². The van der Waals surface area contributed by atoms with Crippen LogP contribution in [0.4, 0.5) is 0 Å². The number of rotatable bonds is 3. The van der Waals surface area contributed by atoms with Gasteiger partial charge in [-0.3, -0.25) is 4.79 Å². The summed E-state index contributed by atoms with van der Waals surface area (Å²) in [6, 6.07) is 1.07. The van der Waals surface area contributed by atoms with Crippen LogP contribution in [0.3, 0.4) is 0 Å². The summed E-state index contributed by atoms with van der Waals surface area (Å²) < 4.78 is 0. The Morgan fingerprint density at radius 2 is 2.18 bits per heavy atom. The Labute approximate surface area is 104 Å². The standard InChI is InChI=1S/C13H25N3O/c1-13(2,14)9-12(17)15-10-5-7-16-6-3-4-11(16)8-10/h10-11H,3-9,14H2,1-2H3,(H,15,17). The highest BCUT2D eigenvalue weighted by atomic mass is 16.1. The number of nitrogens with two attached hydrogens (primary N) is 1. The van der Waals surface area contributed by atoms with Gasteiger partial charge in [0.25, 0.3) is 0 Å². The molecule has 1 amide bonds. The Morgan fingerprint density at radius 3 is 2.88 bits per heavy atom. The fraction of sp³-hybridized carbons (Fsp3) is 0.923. The molecule has 17 heavy (non-hydrogen) atoms. The molecule has 2 saturated heterocycles. The minimum absolute atomic E-state index is 0.106. The highest BCUT2D eigenvalue weighted by Crippen LogP contribution is 2.26. The van der Waals surface area contributed by atoms with Gasteiger partial charge in [0, 0.05) is 30.6 Å². The lowest BCUT2D eigenvalue weighted by atomic mass is 9.96. The SMILES string of the molecule is CC(C)(N)CC(=O)NC1CCN2CCCC2C1. The minimum atomic E-state index is -0.405. The molecule has 2 unspecified atom stereocenters. The van der Waals surface area contributed by atoms with Crippen LogP contribution in [0.1, 0.15) is 46.0 Å². The molecule has 0 saturated carbocycles. The molecule has 0 aromatic heterocycles. The molecule has 4 nitrogen and oxygen atoms in total. The Hall–Kier alpha value is -0.610. The van der Waals surface area contributed by atoms with Gasteiger partial charge in [0.15, 0.2) is 0 Å². The van der Waals surface area contributed by atoms with Crippen LogP contribution in [0.5, 0.6) is 0 Å². The number of carbonyl (C=O) groups excluding carboxylic acids is 1. The lowest BCUT2D eigenvalue weighted by molar-refractivity contribution is -0.123. The maximum absolute atomic E-state index is 11.8. The van der Waals surface area contributed by atoms with E-state index >= 15 is 0 Å². The summed E-state index contributed by atoms with van der Waals surface area (Å²) in [6.07, 6.45) is 5.25. The second-order valence-corrected chi connectivity index (χ2v) is 6.29. The summed E-state index contributed by atoms with van der Waals surface area (Å²) in [5.74, 6) is 0.106. The third-order valence-electron chi connectivity index (χ3n) is 3.80. The van der Waals surface area contributed by atoms with Gasteiger partial charge in [0.2, 0.25) is 5.91 Å². The summed E-state index contributed by atoms with van der Waals surface area (Å²) in [6.45, 7) is 6.18. The van der Waals surface area contributed by atoms with Gasteiger partial charge in [-0.25, -0.2) is 0 Å². The Bertz CT molecular complexity index is 285. The number of hydrogen-bond acceptors (Lipinski definition) is 3. The largest absolute Gasteiger partial charge is 0.353 e. The highest BCUT2D eigenvalue weighted by molar-refractivity contribution is 5.77. The van der Waals surface area contributed by atoms with E-state index in [1.165, 1.54) is 19.4 Å². The predicted octanol–water partition coefficient (Wildman–Crippen LogP) is 0.857. The molecule has 2 fully saturated rings. The average Bonchev–Trinajstić information content (AvgIpc) is 2.61. The van der Waals surface area contributed by atoms with Gasteiger partial charge in [0.05, 0.1) is 0 Å². The summed E-state index contributed by atoms with van der Waals surface area (Å²) in [5, 5.41) is 3.14. The molecule has 2 heterocycles. The van der Waals surface area contributed by atoms with E-state index in [0.717, 1.165) is 19.4 Å². The Morgan fingerprint density at radius 1 is 1.41 bits per heavy atom. The lowest BCUT2D eigenvalue weighted by Gasteiger charge is -2.35. The van der Waals surface area contributed by atoms with Crippen molar-refractivity contribution in [2.45, 2.75) is 63.6 Å². The van der Waals surface area contributed by atoms with E-state index in [1.807, 2.05) is 13.8 Å². The first kappa shape index (κ1) is 12.8. The molecule has 0 aliphatic carbocycles. The molecule has 2 rings (SSSR count). The first-order valence-electron chi connectivity index (χ1n) is 6.76. The van der Waals surface area contributed by atoms with Crippen molar-refractivity contribution in [2.24, 2.45) is 5.73 Å². The predicted molar refractivity (Wildman–Crippen MR) is 68.6 cm³/mol. The van der Waals surface area contributed by atoms with Gasteiger partial charge in [-0.15, -0.1) is 0 Å². The number of nitrogens with one attached hydrogen (secondary N) is 1. The smallest absolute Gasteiger partial charge is 0.222 e. The number of nitrogens with zero attached hydrogens (tertiary/aromatic N) is 1. The molecule has 0 spiro atoms. The van der Waals surface area contributed by atoms with E-state index in [1.54, 1.807) is 0 Å². The van der Waals surface area contributed by atoms with Crippen LogP contribution < -0.4 is 11.1 Å². The van der Waals surface area contributed by atoms with Crippen LogP contribution >= 0.6 is 0 Å². The number of amides is 1. The fourth-order valence-corrected chi connectivity index (χ4v) is 3.05. The molecule has 0 radical (unpaired) electrons. The molecular weight excluding hydrogens is 214 g/mol. The maximum atomic E-state index is 11.8. The van der Waals surface area contributed by atoms with Crippen molar-refractivity contribution >= 4 is 5.91 Å². The molecular formula is C13H25N3O. The number of carbonyl (C=O) groups is 1. The quantitative estimate of drug-likeness (QED) is 0.768. The molecule has 4 heteroatoms. The van der Waals surface area contributed by atoms with Crippen molar-refractivity contribution < 1.29 is 4.79 Å². The summed E-state index contributed by atoms with van der Waals surface area (Å²) >= 11 is 0. The summed E-state index contributed by atoms with van der Waals surface area (Å²) in [7, 11) is 0. The van der Waals surface area contributed by atoms with Crippen molar-refractivity contribution in [3.63, 3.8) is 0 Å². The zero-order valence-corrected chi connectivity index (χ0v) is 11.0. The third-order valence-corrected chi connectivity index (χ3v) is 3.80. The molecule has 2 aliphatic heterocycles. The topological polar surface area (TPSA) is 58.4 Å². The van der Waals surface area contributed by atoms with Crippen LogP contribution in [-0.2, 0) is 4.79 Å². The molecule has 2 aliphatic rings. The monoisotopic (exact) mass is 239 g/mol. The van der Waals surface area contributed by atoms with Crippen LogP contribution in [-0.4, -0.2) is 41.5 Å². The molecule has 0 aromatic carbocycles. The van der Waals surface area contributed by atoms with Crippen molar-refractivity contribution in [1.29, 1.82) is 0 Å². The van der Waals surface area contributed by atoms with E-state index in [9.17, 15) is 4.79 Å². The average molecular weight is 239 g/mol. The van der Waals surface area contributed by atoms with Crippen molar-refractivity contribution in [3.05, 3.63) is 0 Å². The minimum Gasteiger partial charge on any atom is -0.353 e. The van der Waals surface area contributed by atoms with E-state index < -0.39 is 5.54 Å². The van der Waals surface area contributed by atoms with E-state index in [0.29, 0.717) is 18.5 Å². The third kappa shape index (κ3) is 3.68. The van der Waals surface area contributed by atoms with Gasteiger partial charge in [-0.05, 0) is 46.1 Å². The van der Waals surface area contributed by atoms with Crippen LogP contribution in [0.2, 0.25) is 0 Å². The Balaban J connectivity index is 1.78. The van der Waals surface area contributed by atoms with Crippen LogP contribution in [0.25, 0.3) is 0 Å². The highest BCUT2D eigenvalue weighted by Gasteiger charge is 2.32. The fourth-order valence-electron chi connectivity index (χ4n) is 3.05. The molecule has 98 valence electrons. The van der Waals surface area contributed by atoms with E-state index in [4.69, 9.17) is 5.73 Å². The van der Waals surface area contributed by atoms with Gasteiger partial charge >= 0.3 is 0 Å². The van der Waals surface area contributed by atoms with Gasteiger partial charge in [-0.2, -0.15) is 0 Å². The second kappa shape index (κ2) is 4.94. The zero-order valence-electron chi connectivity index (χ0n) is 11.0.